The fraction of sp³-hybridized carbons (Fsp3) is 0.500. The van der Waals surface area contributed by atoms with Gasteiger partial charge in [-0.1, -0.05) is 0 Å². The first-order chi connectivity index (χ1) is 7.24. The van der Waals surface area contributed by atoms with E-state index >= 15 is 0 Å². The van der Waals surface area contributed by atoms with Gasteiger partial charge in [-0.05, 0) is 11.6 Å². The number of pyridine rings is 1. The van der Waals surface area contributed by atoms with Crippen molar-refractivity contribution >= 4 is 0 Å². The fourth-order valence-corrected chi connectivity index (χ4v) is 1.08. The lowest BCUT2D eigenvalue weighted by Crippen LogP contribution is -2.18. The minimum Gasteiger partial charge on any atom is -0.382 e. The second-order valence-corrected chi connectivity index (χ2v) is 3.11. The highest BCUT2D eigenvalue weighted by Crippen LogP contribution is 2.10. The molecular formula is C10H15FN2O2. The van der Waals surface area contributed by atoms with Gasteiger partial charge in [-0.2, -0.15) is 0 Å². The molecule has 0 bridgehead atoms. The second-order valence-electron chi connectivity index (χ2n) is 3.11. The number of rotatable bonds is 6. The van der Waals surface area contributed by atoms with Gasteiger partial charge >= 0.3 is 0 Å². The summed E-state index contributed by atoms with van der Waals surface area (Å²) in [6.45, 7) is 1.33. The number of halogens is 1. The third-order valence-corrected chi connectivity index (χ3v) is 1.88. The van der Waals surface area contributed by atoms with E-state index in [4.69, 9.17) is 15.2 Å². The Labute approximate surface area is 88.2 Å². The lowest BCUT2D eigenvalue weighted by atomic mass is 10.1. The molecule has 0 aromatic carbocycles. The first-order valence-electron chi connectivity index (χ1n) is 4.66. The molecule has 1 rings (SSSR count). The van der Waals surface area contributed by atoms with Crippen molar-refractivity contribution in [2.24, 2.45) is 5.73 Å². The van der Waals surface area contributed by atoms with Gasteiger partial charge in [0.15, 0.2) is 0 Å². The van der Waals surface area contributed by atoms with Gasteiger partial charge in [0.05, 0.1) is 32.1 Å². The van der Waals surface area contributed by atoms with Crippen LogP contribution in [0.4, 0.5) is 4.39 Å². The van der Waals surface area contributed by atoms with Crippen molar-refractivity contribution in [2.45, 2.75) is 6.04 Å². The molecule has 0 aliphatic rings. The molecule has 0 aliphatic carbocycles. The highest BCUT2D eigenvalue weighted by molar-refractivity contribution is 5.14. The Hall–Kier alpha value is -1.04. The molecule has 0 spiro atoms. The van der Waals surface area contributed by atoms with E-state index in [-0.39, 0.29) is 11.9 Å². The molecule has 4 nitrogen and oxygen atoms in total. The summed E-state index contributed by atoms with van der Waals surface area (Å²) in [6.07, 6.45) is 2.68. The number of ether oxygens (including phenoxy) is 2. The van der Waals surface area contributed by atoms with Crippen molar-refractivity contribution in [2.75, 3.05) is 26.9 Å². The van der Waals surface area contributed by atoms with Gasteiger partial charge in [0.25, 0.3) is 0 Å². The van der Waals surface area contributed by atoms with Crippen LogP contribution in [0.3, 0.4) is 0 Å². The number of hydrogen-bond acceptors (Lipinski definition) is 4. The molecule has 15 heavy (non-hydrogen) atoms. The Kier molecular flexibility index (Phi) is 5.17. The zero-order chi connectivity index (χ0) is 11.1. The molecule has 5 heteroatoms. The number of nitrogens with zero attached hydrogens (tertiary/aromatic N) is 1. The highest BCUT2D eigenvalue weighted by atomic mass is 19.1. The third kappa shape index (κ3) is 4.33. The van der Waals surface area contributed by atoms with Crippen LogP contribution in [0.15, 0.2) is 18.5 Å². The Morgan fingerprint density at radius 3 is 2.93 bits per heavy atom. The largest absolute Gasteiger partial charge is 0.382 e. The summed E-state index contributed by atoms with van der Waals surface area (Å²) >= 11 is 0. The smallest absolute Gasteiger partial charge is 0.141 e. The van der Waals surface area contributed by atoms with Gasteiger partial charge in [-0.25, -0.2) is 4.39 Å². The zero-order valence-corrected chi connectivity index (χ0v) is 8.65. The summed E-state index contributed by atoms with van der Waals surface area (Å²) < 4.78 is 22.8. The molecule has 0 aliphatic heterocycles. The van der Waals surface area contributed by atoms with Crippen LogP contribution in [0, 0.1) is 5.82 Å². The predicted molar refractivity (Wildman–Crippen MR) is 53.8 cm³/mol. The zero-order valence-electron chi connectivity index (χ0n) is 8.65. The van der Waals surface area contributed by atoms with Gasteiger partial charge < -0.3 is 15.2 Å². The quantitative estimate of drug-likeness (QED) is 0.714. The van der Waals surface area contributed by atoms with Crippen LogP contribution in [0.5, 0.6) is 0 Å². The van der Waals surface area contributed by atoms with Gasteiger partial charge in [0, 0.05) is 13.3 Å². The summed E-state index contributed by atoms with van der Waals surface area (Å²) in [7, 11) is 1.60. The monoisotopic (exact) mass is 214 g/mol. The molecule has 1 aromatic rings. The van der Waals surface area contributed by atoms with Crippen LogP contribution in [0.1, 0.15) is 11.6 Å². The summed E-state index contributed by atoms with van der Waals surface area (Å²) in [5.41, 5.74) is 6.41. The molecule has 0 saturated heterocycles. The van der Waals surface area contributed by atoms with E-state index in [0.717, 1.165) is 6.20 Å². The second kappa shape index (κ2) is 6.44. The summed E-state index contributed by atoms with van der Waals surface area (Å²) in [5, 5.41) is 0. The topological polar surface area (TPSA) is 57.4 Å². The molecule has 84 valence electrons. The molecule has 0 radical (unpaired) electrons. The lowest BCUT2D eigenvalue weighted by molar-refractivity contribution is 0.0635. The maximum Gasteiger partial charge on any atom is 0.141 e. The fourth-order valence-electron chi connectivity index (χ4n) is 1.08. The van der Waals surface area contributed by atoms with Crippen molar-refractivity contribution in [3.05, 3.63) is 29.8 Å². The van der Waals surface area contributed by atoms with E-state index in [1.165, 1.54) is 12.3 Å². The van der Waals surface area contributed by atoms with E-state index < -0.39 is 0 Å². The van der Waals surface area contributed by atoms with E-state index in [1.54, 1.807) is 7.11 Å². The normalized spacial score (nSPS) is 12.7. The van der Waals surface area contributed by atoms with E-state index in [1.807, 2.05) is 0 Å². The molecule has 1 aromatic heterocycles. The maximum absolute atomic E-state index is 12.8. The van der Waals surface area contributed by atoms with Crippen LogP contribution in [-0.2, 0) is 9.47 Å². The number of nitrogens with two attached hydrogens (primary N) is 1. The van der Waals surface area contributed by atoms with Crippen LogP contribution in [0.25, 0.3) is 0 Å². The number of hydrogen-bond donors (Lipinski definition) is 1. The maximum atomic E-state index is 12.8. The van der Waals surface area contributed by atoms with E-state index in [9.17, 15) is 4.39 Å². The Balaban J connectivity index is 2.36. The van der Waals surface area contributed by atoms with Gasteiger partial charge in [-0.15, -0.1) is 0 Å². The first-order valence-corrected chi connectivity index (χ1v) is 4.66. The average Bonchev–Trinajstić information content (AvgIpc) is 2.24. The van der Waals surface area contributed by atoms with E-state index in [2.05, 4.69) is 4.98 Å². The summed E-state index contributed by atoms with van der Waals surface area (Å²) in [4.78, 5) is 3.71. The number of aromatic nitrogens is 1. The average molecular weight is 214 g/mol. The molecule has 0 amide bonds. The highest BCUT2D eigenvalue weighted by Gasteiger charge is 2.07. The van der Waals surface area contributed by atoms with Crippen LogP contribution in [0.2, 0.25) is 0 Å². The Morgan fingerprint density at radius 2 is 2.27 bits per heavy atom. The third-order valence-electron chi connectivity index (χ3n) is 1.88. The SMILES string of the molecule is COCCOCC(N)c1cncc(F)c1. The summed E-state index contributed by atoms with van der Waals surface area (Å²) in [5.74, 6) is -0.389. The minimum absolute atomic E-state index is 0.328. The van der Waals surface area contributed by atoms with Crippen molar-refractivity contribution in [1.29, 1.82) is 0 Å². The lowest BCUT2D eigenvalue weighted by Gasteiger charge is -2.11. The molecule has 2 N–H and O–H groups in total. The molecule has 1 atom stereocenters. The minimum atomic E-state index is -0.389. The molecule has 0 fully saturated rings. The van der Waals surface area contributed by atoms with Gasteiger partial charge in [-0.3, -0.25) is 4.98 Å². The van der Waals surface area contributed by atoms with Crippen molar-refractivity contribution in [1.82, 2.24) is 4.98 Å². The molecular weight excluding hydrogens is 199 g/mol. The molecule has 1 unspecified atom stereocenters. The Bertz CT molecular complexity index is 297. The van der Waals surface area contributed by atoms with Crippen LogP contribution >= 0.6 is 0 Å². The van der Waals surface area contributed by atoms with Crippen molar-refractivity contribution in [3.8, 4) is 0 Å². The first kappa shape index (κ1) is 12.0. The van der Waals surface area contributed by atoms with Crippen molar-refractivity contribution in [3.63, 3.8) is 0 Å². The van der Waals surface area contributed by atoms with Gasteiger partial charge in [0.2, 0.25) is 0 Å². The van der Waals surface area contributed by atoms with E-state index in [0.29, 0.717) is 25.4 Å². The van der Waals surface area contributed by atoms with Crippen molar-refractivity contribution < 1.29 is 13.9 Å². The van der Waals surface area contributed by atoms with Gasteiger partial charge in [0.1, 0.15) is 5.82 Å². The van der Waals surface area contributed by atoms with Crippen LogP contribution in [-0.4, -0.2) is 31.9 Å². The Morgan fingerprint density at radius 1 is 1.47 bits per heavy atom. The standard InChI is InChI=1S/C10H15FN2O2/c1-14-2-3-15-7-10(12)8-4-9(11)6-13-5-8/h4-6,10H,2-3,7,12H2,1H3. The number of methoxy groups -OCH3 is 1. The predicted octanol–water partition coefficient (Wildman–Crippen LogP) is 0.883. The molecule has 0 saturated carbocycles. The molecule has 1 heterocycles. The summed E-state index contributed by atoms with van der Waals surface area (Å²) in [6, 6.07) is 1.00. The van der Waals surface area contributed by atoms with Crippen LogP contribution < -0.4 is 5.73 Å².